The summed E-state index contributed by atoms with van der Waals surface area (Å²) in [5, 5.41) is 9.75. The first-order valence-corrected chi connectivity index (χ1v) is 8.86. The number of aromatic hydroxyl groups is 1. The van der Waals surface area contributed by atoms with Gasteiger partial charge in [-0.1, -0.05) is 65.8 Å². The number of phenolic OH excluding ortho intramolecular Hbond substituents is 1. The highest BCUT2D eigenvalue weighted by Gasteiger charge is 2.26. The van der Waals surface area contributed by atoms with E-state index < -0.39 is 0 Å². The van der Waals surface area contributed by atoms with Crippen LogP contribution in [0.1, 0.15) is 65.5 Å². The third-order valence-corrected chi connectivity index (χ3v) is 5.42. The van der Waals surface area contributed by atoms with E-state index in [-0.39, 0.29) is 16.6 Å². The van der Waals surface area contributed by atoms with Gasteiger partial charge in [-0.2, -0.15) is 0 Å². The Bertz CT molecular complexity index is 721. The van der Waals surface area contributed by atoms with Gasteiger partial charge >= 0.3 is 0 Å². The van der Waals surface area contributed by atoms with Crippen LogP contribution in [0, 0.1) is 0 Å². The molecule has 2 nitrogen and oxygen atoms in total. The summed E-state index contributed by atoms with van der Waals surface area (Å²) in [5.41, 5.74) is 11.5. The van der Waals surface area contributed by atoms with Crippen LogP contribution in [0.3, 0.4) is 0 Å². The zero-order chi connectivity index (χ0) is 18.1. The summed E-state index contributed by atoms with van der Waals surface area (Å²) in [6.07, 6.45) is 2.21. The van der Waals surface area contributed by atoms with Crippen molar-refractivity contribution in [2.75, 3.05) is 5.73 Å². The van der Waals surface area contributed by atoms with Gasteiger partial charge in [0.2, 0.25) is 0 Å². The third kappa shape index (κ3) is 3.43. The summed E-state index contributed by atoms with van der Waals surface area (Å²) in [5.74, 6) is 0.138. The smallest absolute Gasteiger partial charge is 0.138 e. The molecule has 2 aromatic carbocycles. The first kappa shape index (κ1) is 18.4. The number of anilines is 1. The summed E-state index contributed by atoms with van der Waals surface area (Å²) >= 11 is 0. The Morgan fingerprint density at radius 1 is 0.917 bits per heavy atom. The van der Waals surface area contributed by atoms with Gasteiger partial charge in [-0.15, -0.1) is 0 Å². The fourth-order valence-corrected chi connectivity index (χ4v) is 3.19. The predicted octanol–water partition coefficient (Wildman–Crippen LogP) is 6.02. The summed E-state index contributed by atoms with van der Waals surface area (Å²) in [4.78, 5) is 0. The van der Waals surface area contributed by atoms with Gasteiger partial charge in [0.1, 0.15) is 5.75 Å². The van der Waals surface area contributed by atoms with Crippen molar-refractivity contribution in [3.63, 3.8) is 0 Å². The van der Waals surface area contributed by atoms with Crippen LogP contribution in [-0.4, -0.2) is 5.11 Å². The van der Waals surface area contributed by atoms with E-state index in [4.69, 9.17) is 5.73 Å². The van der Waals surface area contributed by atoms with Crippen molar-refractivity contribution in [1.82, 2.24) is 0 Å². The zero-order valence-electron chi connectivity index (χ0n) is 15.9. The largest absolute Gasteiger partial charge is 0.506 e. The van der Waals surface area contributed by atoms with Crippen LogP contribution in [-0.2, 0) is 10.8 Å². The molecule has 0 aliphatic carbocycles. The van der Waals surface area contributed by atoms with E-state index in [1.165, 1.54) is 16.7 Å². The molecule has 2 heteroatoms. The molecule has 2 aromatic rings. The lowest BCUT2D eigenvalue weighted by Crippen LogP contribution is -2.21. The molecule has 130 valence electrons. The molecule has 0 bridgehead atoms. The molecule has 0 aliphatic rings. The monoisotopic (exact) mass is 325 g/mol. The first-order chi connectivity index (χ1) is 11.1. The van der Waals surface area contributed by atoms with Gasteiger partial charge < -0.3 is 10.8 Å². The van der Waals surface area contributed by atoms with Crippen molar-refractivity contribution in [2.24, 2.45) is 0 Å². The van der Waals surface area contributed by atoms with Crippen molar-refractivity contribution < 1.29 is 5.11 Å². The highest BCUT2D eigenvalue weighted by Crippen LogP contribution is 2.40. The van der Waals surface area contributed by atoms with Gasteiger partial charge in [-0.25, -0.2) is 0 Å². The molecule has 0 aromatic heterocycles. The topological polar surface area (TPSA) is 46.2 Å². The predicted molar refractivity (Wildman–Crippen MR) is 105 cm³/mol. The van der Waals surface area contributed by atoms with Gasteiger partial charge in [-0.3, -0.25) is 0 Å². The van der Waals surface area contributed by atoms with E-state index in [0.717, 1.165) is 18.4 Å². The molecular formula is C22H31NO. The Kier molecular flexibility index (Phi) is 4.98. The second-order valence-corrected chi connectivity index (χ2v) is 8.05. The number of benzene rings is 2. The van der Waals surface area contributed by atoms with Crippen molar-refractivity contribution in [2.45, 2.75) is 65.2 Å². The Balaban J connectivity index is 2.71. The average Bonchev–Trinajstić information content (AvgIpc) is 2.55. The third-order valence-electron chi connectivity index (χ3n) is 5.42. The van der Waals surface area contributed by atoms with Crippen LogP contribution >= 0.6 is 0 Å². The Hall–Kier alpha value is -1.96. The molecule has 0 fully saturated rings. The van der Waals surface area contributed by atoms with E-state index in [1.54, 1.807) is 6.07 Å². The van der Waals surface area contributed by atoms with Gasteiger partial charge in [0.25, 0.3) is 0 Å². The molecule has 0 heterocycles. The molecule has 2 rings (SSSR count). The molecular weight excluding hydrogens is 294 g/mol. The number of nitrogens with two attached hydrogens (primary N) is 1. The second kappa shape index (κ2) is 6.51. The Morgan fingerprint density at radius 3 is 2.04 bits per heavy atom. The normalized spacial score (nSPS) is 12.4. The lowest BCUT2D eigenvalue weighted by atomic mass is 9.74. The van der Waals surface area contributed by atoms with E-state index in [1.807, 2.05) is 12.1 Å². The van der Waals surface area contributed by atoms with Crippen molar-refractivity contribution in [3.8, 4) is 16.9 Å². The highest BCUT2D eigenvalue weighted by atomic mass is 16.3. The van der Waals surface area contributed by atoms with E-state index in [0.29, 0.717) is 5.69 Å². The van der Waals surface area contributed by atoms with Crippen LogP contribution in [0.2, 0.25) is 0 Å². The minimum Gasteiger partial charge on any atom is -0.506 e. The van der Waals surface area contributed by atoms with Crippen LogP contribution < -0.4 is 5.73 Å². The number of nitrogen functional groups attached to an aromatic ring is 1. The molecule has 0 spiro atoms. The SMILES string of the molecule is CCC(C)(CC)c1ccc(C(C)(C)C)c(-c2ccc(O)c(N)c2)c1. The summed E-state index contributed by atoms with van der Waals surface area (Å²) in [6.45, 7) is 13.5. The standard InChI is InChI=1S/C22H31NO/c1-7-22(6,8-2)16-10-11-18(21(3,4)5)17(14-16)15-9-12-20(24)19(23)13-15/h9-14,24H,7-8,23H2,1-6H3. The van der Waals surface area contributed by atoms with E-state index in [2.05, 4.69) is 59.7 Å². The fourth-order valence-electron chi connectivity index (χ4n) is 3.19. The maximum absolute atomic E-state index is 9.75. The number of hydrogen-bond acceptors (Lipinski definition) is 2. The van der Waals surface area contributed by atoms with Crippen LogP contribution in [0.15, 0.2) is 36.4 Å². The summed E-state index contributed by atoms with van der Waals surface area (Å²) in [6, 6.07) is 12.4. The Morgan fingerprint density at radius 2 is 1.54 bits per heavy atom. The maximum Gasteiger partial charge on any atom is 0.138 e. The highest BCUT2D eigenvalue weighted by molar-refractivity contribution is 5.74. The van der Waals surface area contributed by atoms with Gasteiger partial charge in [0.15, 0.2) is 0 Å². The molecule has 0 saturated heterocycles. The van der Waals surface area contributed by atoms with E-state index >= 15 is 0 Å². The molecule has 0 aliphatic heterocycles. The minimum atomic E-state index is 0.0370. The second-order valence-electron chi connectivity index (χ2n) is 8.05. The maximum atomic E-state index is 9.75. The quantitative estimate of drug-likeness (QED) is 0.533. The lowest BCUT2D eigenvalue weighted by Gasteiger charge is -2.31. The molecule has 0 atom stereocenters. The molecule has 0 amide bonds. The molecule has 0 radical (unpaired) electrons. The van der Waals surface area contributed by atoms with Crippen LogP contribution in [0.25, 0.3) is 11.1 Å². The average molecular weight is 325 g/mol. The van der Waals surface area contributed by atoms with Gasteiger partial charge in [-0.05, 0) is 58.1 Å². The molecule has 3 N–H and O–H groups in total. The summed E-state index contributed by atoms with van der Waals surface area (Å²) < 4.78 is 0. The van der Waals surface area contributed by atoms with Crippen molar-refractivity contribution in [1.29, 1.82) is 0 Å². The van der Waals surface area contributed by atoms with Gasteiger partial charge in [0, 0.05) is 0 Å². The van der Waals surface area contributed by atoms with Crippen molar-refractivity contribution >= 4 is 5.69 Å². The van der Waals surface area contributed by atoms with Crippen LogP contribution in [0.4, 0.5) is 5.69 Å². The minimum absolute atomic E-state index is 0.0370. The Labute approximate surface area is 146 Å². The zero-order valence-corrected chi connectivity index (χ0v) is 15.9. The van der Waals surface area contributed by atoms with E-state index in [9.17, 15) is 5.11 Å². The number of hydrogen-bond donors (Lipinski definition) is 2. The number of phenols is 1. The fraction of sp³-hybridized carbons (Fsp3) is 0.455. The molecule has 0 saturated carbocycles. The molecule has 24 heavy (non-hydrogen) atoms. The van der Waals surface area contributed by atoms with Crippen LogP contribution in [0.5, 0.6) is 5.75 Å². The molecule has 0 unspecified atom stereocenters. The van der Waals surface area contributed by atoms with Gasteiger partial charge in [0.05, 0.1) is 5.69 Å². The van der Waals surface area contributed by atoms with Crippen molar-refractivity contribution in [3.05, 3.63) is 47.5 Å². The number of rotatable bonds is 4. The lowest BCUT2D eigenvalue weighted by molar-refractivity contribution is 0.438. The summed E-state index contributed by atoms with van der Waals surface area (Å²) in [7, 11) is 0. The first-order valence-electron chi connectivity index (χ1n) is 8.86.